The standard InChI is InChI=1S/C17H31N7O2S2/c1-4-15-20-17(27-21-15)23-11-9-22(10-12-23)16(18-5-2)19-13-14-7-6-8-24(14)28(3,25)26/h14H,4-13H2,1-3H3,(H,18,19)/t14-/m1/s1. The van der Waals surface area contributed by atoms with Gasteiger partial charge in [-0.2, -0.15) is 8.68 Å². The lowest BCUT2D eigenvalue weighted by molar-refractivity contribution is 0.365. The molecule has 0 saturated carbocycles. The van der Waals surface area contributed by atoms with E-state index < -0.39 is 10.0 Å². The molecule has 0 unspecified atom stereocenters. The van der Waals surface area contributed by atoms with Gasteiger partial charge in [0, 0.05) is 63.3 Å². The monoisotopic (exact) mass is 429 g/mol. The molecule has 158 valence electrons. The van der Waals surface area contributed by atoms with Crippen LogP contribution in [0.1, 0.15) is 32.5 Å². The minimum Gasteiger partial charge on any atom is -0.357 e. The van der Waals surface area contributed by atoms with Crippen molar-refractivity contribution >= 4 is 32.6 Å². The van der Waals surface area contributed by atoms with Crippen molar-refractivity contribution in [2.75, 3.05) is 57.0 Å². The van der Waals surface area contributed by atoms with Crippen LogP contribution in [0.5, 0.6) is 0 Å². The predicted molar refractivity (Wildman–Crippen MR) is 114 cm³/mol. The van der Waals surface area contributed by atoms with E-state index in [1.807, 2.05) is 0 Å². The highest BCUT2D eigenvalue weighted by Gasteiger charge is 2.31. The summed E-state index contributed by atoms with van der Waals surface area (Å²) >= 11 is 1.47. The van der Waals surface area contributed by atoms with Gasteiger partial charge in [0.05, 0.1) is 12.8 Å². The number of hydrogen-bond acceptors (Lipinski definition) is 7. The second kappa shape index (κ2) is 9.36. The Hall–Kier alpha value is -1.46. The summed E-state index contributed by atoms with van der Waals surface area (Å²) < 4.78 is 29.9. The first kappa shape index (κ1) is 21.3. The van der Waals surface area contributed by atoms with Crippen LogP contribution in [-0.2, 0) is 16.4 Å². The number of rotatable bonds is 6. The molecule has 1 aromatic heterocycles. The number of nitrogens with zero attached hydrogens (tertiary/aromatic N) is 6. The quantitative estimate of drug-likeness (QED) is 0.523. The third kappa shape index (κ3) is 5.12. The summed E-state index contributed by atoms with van der Waals surface area (Å²) in [7, 11) is -3.16. The Kier molecular flexibility index (Phi) is 7.10. The van der Waals surface area contributed by atoms with E-state index in [1.54, 1.807) is 4.31 Å². The third-order valence-corrected chi connectivity index (χ3v) is 7.31. The lowest BCUT2D eigenvalue weighted by atomic mass is 10.2. The Bertz CT molecular complexity index is 772. The molecule has 28 heavy (non-hydrogen) atoms. The zero-order valence-corrected chi connectivity index (χ0v) is 18.6. The number of nitrogens with one attached hydrogen (secondary N) is 1. The van der Waals surface area contributed by atoms with Crippen LogP contribution in [0.4, 0.5) is 5.13 Å². The summed E-state index contributed by atoms with van der Waals surface area (Å²) in [5.74, 6) is 1.78. The smallest absolute Gasteiger partial charge is 0.211 e. The van der Waals surface area contributed by atoms with E-state index in [0.29, 0.717) is 13.1 Å². The van der Waals surface area contributed by atoms with E-state index in [-0.39, 0.29) is 6.04 Å². The fraction of sp³-hybridized carbons (Fsp3) is 0.824. The van der Waals surface area contributed by atoms with Gasteiger partial charge in [-0.15, -0.1) is 0 Å². The van der Waals surface area contributed by atoms with Gasteiger partial charge in [0.1, 0.15) is 5.82 Å². The maximum Gasteiger partial charge on any atom is 0.211 e. The van der Waals surface area contributed by atoms with Crippen LogP contribution in [0.3, 0.4) is 0 Å². The van der Waals surface area contributed by atoms with Crippen molar-refractivity contribution in [2.45, 2.75) is 39.2 Å². The van der Waals surface area contributed by atoms with E-state index in [0.717, 1.165) is 68.9 Å². The average Bonchev–Trinajstić information content (AvgIpc) is 3.34. The van der Waals surface area contributed by atoms with Gasteiger partial charge in [0.2, 0.25) is 15.2 Å². The molecule has 0 radical (unpaired) electrons. The first-order valence-electron chi connectivity index (χ1n) is 10.00. The number of aryl methyl sites for hydroxylation is 1. The highest BCUT2D eigenvalue weighted by atomic mass is 32.2. The fourth-order valence-corrected chi connectivity index (χ4v) is 5.65. The molecule has 1 aromatic rings. The zero-order chi connectivity index (χ0) is 20.1. The van der Waals surface area contributed by atoms with Gasteiger partial charge in [-0.05, 0) is 19.8 Å². The minimum atomic E-state index is -3.16. The van der Waals surface area contributed by atoms with Crippen LogP contribution in [0.15, 0.2) is 4.99 Å². The number of sulfonamides is 1. The van der Waals surface area contributed by atoms with Crippen molar-refractivity contribution < 1.29 is 8.42 Å². The van der Waals surface area contributed by atoms with E-state index in [1.165, 1.54) is 17.8 Å². The second-order valence-electron chi connectivity index (χ2n) is 7.19. The van der Waals surface area contributed by atoms with Gasteiger partial charge >= 0.3 is 0 Å². The number of hydrogen-bond donors (Lipinski definition) is 1. The highest BCUT2D eigenvalue weighted by Crippen LogP contribution is 2.21. The molecule has 1 atom stereocenters. The van der Waals surface area contributed by atoms with Gasteiger partial charge < -0.3 is 15.1 Å². The molecule has 2 saturated heterocycles. The van der Waals surface area contributed by atoms with Crippen molar-refractivity contribution in [1.29, 1.82) is 0 Å². The Morgan fingerprint density at radius 2 is 2.00 bits per heavy atom. The molecular weight excluding hydrogens is 398 g/mol. The average molecular weight is 430 g/mol. The molecule has 1 N–H and O–H groups in total. The SMILES string of the molecule is CCNC(=NC[C@H]1CCCN1S(C)(=O)=O)N1CCN(c2nc(CC)ns2)CC1. The molecule has 0 aliphatic carbocycles. The third-order valence-electron chi connectivity index (χ3n) is 5.16. The van der Waals surface area contributed by atoms with Crippen LogP contribution in [0.25, 0.3) is 0 Å². The largest absolute Gasteiger partial charge is 0.357 e. The van der Waals surface area contributed by atoms with E-state index in [2.05, 4.69) is 38.3 Å². The van der Waals surface area contributed by atoms with E-state index in [9.17, 15) is 8.42 Å². The van der Waals surface area contributed by atoms with Crippen LogP contribution < -0.4 is 10.2 Å². The van der Waals surface area contributed by atoms with E-state index in [4.69, 9.17) is 4.99 Å². The minimum absolute atomic E-state index is 0.0289. The molecule has 9 nitrogen and oxygen atoms in total. The fourth-order valence-electron chi connectivity index (χ4n) is 3.67. The molecule has 2 aliphatic heterocycles. The molecule has 0 bridgehead atoms. The first-order chi connectivity index (χ1) is 13.4. The second-order valence-corrected chi connectivity index (χ2v) is 9.85. The molecule has 0 aromatic carbocycles. The van der Waals surface area contributed by atoms with Crippen LogP contribution >= 0.6 is 11.5 Å². The number of aliphatic imine (C=N–C) groups is 1. The summed E-state index contributed by atoms with van der Waals surface area (Å²) in [5, 5.41) is 4.36. The molecule has 2 aliphatic rings. The van der Waals surface area contributed by atoms with Gasteiger partial charge in [0.15, 0.2) is 5.96 Å². The van der Waals surface area contributed by atoms with Crippen molar-refractivity contribution in [3.05, 3.63) is 5.82 Å². The van der Waals surface area contributed by atoms with Crippen molar-refractivity contribution in [1.82, 2.24) is 23.9 Å². The molecule has 2 fully saturated rings. The van der Waals surface area contributed by atoms with Crippen molar-refractivity contribution in [2.24, 2.45) is 4.99 Å². The molecule has 3 heterocycles. The van der Waals surface area contributed by atoms with Crippen molar-refractivity contribution in [3.63, 3.8) is 0 Å². The summed E-state index contributed by atoms with van der Waals surface area (Å²) in [5.41, 5.74) is 0. The molecule has 11 heteroatoms. The van der Waals surface area contributed by atoms with Gasteiger partial charge in [-0.1, -0.05) is 6.92 Å². The first-order valence-corrected chi connectivity index (χ1v) is 12.6. The van der Waals surface area contributed by atoms with Crippen LogP contribution in [0, 0.1) is 0 Å². The van der Waals surface area contributed by atoms with Crippen LogP contribution in [-0.4, -0.2) is 91.1 Å². The Balaban J connectivity index is 1.60. The van der Waals surface area contributed by atoms with Crippen molar-refractivity contribution in [3.8, 4) is 0 Å². The Morgan fingerprint density at radius 3 is 2.61 bits per heavy atom. The normalized spacial score (nSPS) is 22.1. The number of guanidine groups is 1. The number of piperazine rings is 1. The zero-order valence-electron chi connectivity index (χ0n) is 17.0. The molecule has 0 spiro atoms. The summed E-state index contributed by atoms with van der Waals surface area (Å²) in [6.07, 6.45) is 3.93. The summed E-state index contributed by atoms with van der Waals surface area (Å²) in [6, 6.07) is -0.0289. The summed E-state index contributed by atoms with van der Waals surface area (Å²) in [6.45, 7) is 9.48. The lowest BCUT2D eigenvalue weighted by Crippen LogP contribution is -2.53. The lowest BCUT2D eigenvalue weighted by Gasteiger charge is -2.36. The Morgan fingerprint density at radius 1 is 1.25 bits per heavy atom. The highest BCUT2D eigenvalue weighted by molar-refractivity contribution is 7.88. The molecule has 0 amide bonds. The molecule has 3 rings (SSSR count). The maximum absolute atomic E-state index is 11.9. The van der Waals surface area contributed by atoms with Gasteiger partial charge in [0.25, 0.3) is 0 Å². The number of aromatic nitrogens is 2. The maximum atomic E-state index is 11.9. The number of anilines is 1. The summed E-state index contributed by atoms with van der Waals surface area (Å²) in [4.78, 5) is 13.9. The molecular formula is C17H31N7O2S2. The topological polar surface area (TPSA) is 94.0 Å². The van der Waals surface area contributed by atoms with E-state index >= 15 is 0 Å². The van der Waals surface area contributed by atoms with Crippen LogP contribution in [0.2, 0.25) is 0 Å². The van der Waals surface area contributed by atoms with Gasteiger partial charge in [-0.3, -0.25) is 4.99 Å². The van der Waals surface area contributed by atoms with Gasteiger partial charge in [-0.25, -0.2) is 13.4 Å². The predicted octanol–water partition coefficient (Wildman–Crippen LogP) is 0.612. The Labute approximate surface area is 172 Å².